The van der Waals surface area contributed by atoms with Gasteiger partial charge in [-0.3, -0.25) is 0 Å². The number of rotatable bonds is 5. The monoisotopic (exact) mass is 732 g/mol. The van der Waals surface area contributed by atoms with Crippen LogP contribution in [0, 0.1) is 11.3 Å². The number of anilines is 1. The normalized spacial score (nSPS) is 13.9. The van der Waals surface area contributed by atoms with Crippen molar-refractivity contribution in [3.05, 3.63) is 74.5 Å². The molecular formula is C25H16F12N2O4S3. The minimum Gasteiger partial charge on any atom is -0.200 e. The average molecular weight is 733 g/mol. The van der Waals surface area contributed by atoms with Crippen molar-refractivity contribution < 1.29 is 69.5 Å². The van der Waals surface area contributed by atoms with E-state index in [0.29, 0.717) is 17.4 Å². The van der Waals surface area contributed by atoms with Gasteiger partial charge in [-0.05, 0) is 47.9 Å². The summed E-state index contributed by atoms with van der Waals surface area (Å²) in [6.45, 7) is 4.34. The quantitative estimate of drug-likeness (QED) is 0.245. The number of nitrogens with zero attached hydrogens (tertiary/aromatic N) is 2. The second-order valence-corrected chi connectivity index (χ2v) is 15.2. The van der Waals surface area contributed by atoms with Crippen LogP contribution in [-0.4, -0.2) is 16.8 Å². The minimum atomic E-state index is -6.35. The molecule has 0 atom stereocenters. The lowest BCUT2D eigenvalue weighted by molar-refractivity contribution is -0.145. The summed E-state index contributed by atoms with van der Waals surface area (Å²) in [7, 11) is -12.7. The maximum absolute atomic E-state index is 13.9. The highest BCUT2D eigenvalue weighted by Gasteiger charge is 2.46. The van der Waals surface area contributed by atoms with E-state index in [9.17, 15) is 74.8 Å². The lowest BCUT2D eigenvalue weighted by Gasteiger charge is -2.25. The molecule has 0 saturated heterocycles. The van der Waals surface area contributed by atoms with Gasteiger partial charge in [-0.2, -0.15) is 61.7 Å². The number of sulfonamides is 2. The SMILES string of the molecule is CC(C)(C)c1cc(N(S(=O)(=O)c2cc(C(F)(F)F)cc(C(F)(F)F)c2)S(=O)(=O)c2cc(C(F)(F)F)cc(C(F)(F)F)c2)c(C#N)s1. The van der Waals surface area contributed by atoms with E-state index in [2.05, 4.69) is 0 Å². The summed E-state index contributed by atoms with van der Waals surface area (Å²) in [5.74, 6) is 0. The van der Waals surface area contributed by atoms with Gasteiger partial charge >= 0.3 is 24.7 Å². The van der Waals surface area contributed by atoms with Gasteiger partial charge < -0.3 is 0 Å². The zero-order valence-corrected chi connectivity index (χ0v) is 25.3. The Morgan fingerprint density at radius 3 is 1.13 bits per heavy atom. The third-order valence-electron chi connectivity index (χ3n) is 5.90. The third-order valence-corrected chi connectivity index (χ3v) is 11.5. The molecule has 3 aromatic rings. The number of nitriles is 1. The van der Waals surface area contributed by atoms with Gasteiger partial charge in [0.15, 0.2) is 0 Å². The molecule has 2 aromatic carbocycles. The van der Waals surface area contributed by atoms with Gasteiger partial charge in [0.2, 0.25) is 0 Å². The van der Waals surface area contributed by atoms with E-state index in [4.69, 9.17) is 0 Å². The minimum absolute atomic E-state index is 0.0190. The van der Waals surface area contributed by atoms with Gasteiger partial charge in [-0.1, -0.05) is 20.8 Å². The topological polar surface area (TPSA) is 95.3 Å². The molecule has 0 aliphatic rings. The van der Waals surface area contributed by atoms with Crippen molar-refractivity contribution in [2.24, 2.45) is 0 Å². The van der Waals surface area contributed by atoms with Crippen LogP contribution in [0.25, 0.3) is 0 Å². The van der Waals surface area contributed by atoms with Crippen molar-refractivity contribution in [1.82, 2.24) is 0 Å². The van der Waals surface area contributed by atoms with Crippen LogP contribution in [-0.2, 0) is 50.2 Å². The van der Waals surface area contributed by atoms with Crippen LogP contribution < -0.4 is 3.71 Å². The van der Waals surface area contributed by atoms with Gasteiger partial charge in [0, 0.05) is 4.88 Å². The molecule has 0 N–H and O–H groups in total. The molecule has 0 aliphatic heterocycles. The Hall–Kier alpha value is -3.51. The van der Waals surface area contributed by atoms with Crippen LogP contribution in [0.15, 0.2) is 52.3 Å². The lowest BCUT2D eigenvalue weighted by Crippen LogP contribution is -2.38. The fourth-order valence-corrected chi connectivity index (χ4v) is 8.65. The Labute approximate surface area is 256 Å². The van der Waals surface area contributed by atoms with Crippen molar-refractivity contribution in [1.29, 1.82) is 5.26 Å². The van der Waals surface area contributed by atoms with Gasteiger partial charge in [0.05, 0.1) is 37.7 Å². The fraction of sp³-hybridized carbons (Fsp3) is 0.320. The summed E-state index contributed by atoms with van der Waals surface area (Å²) in [6, 6.07) is -0.626. The molecule has 0 aliphatic carbocycles. The fourth-order valence-electron chi connectivity index (χ4n) is 3.70. The number of benzene rings is 2. The van der Waals surface area contributed by atoms with E-state index in [1.54, 1.807) is 0 Å². The molecule has 252 valence electrons. The summed E-state index contributed by atoms with van der Waals surface area (Å²) in [4.78, 5) is -4.93. The van der Waals surface area contributed by atoms with Crippen molar-refractivity contribution in [2.75, 3.05) is 3.71 Å². The molecule has 1 aromatic heterocycles. The zero-order chi connectivity index (χ0) is 35.6. The van der Waals surface area contributed by atoms with E-state index in [-0.39, 0.29) is 4.88 Å². The molecule has 46 heavy (non-hydrogen) atoms. The Morgan fingerprint density at radius 2 is 0.891 bits per heavy atom. The van der Waals surface area contributed by atoms with Gasteiger partial charge in [0.1, 0.15) is 10.9 Å². The van der Waals surface area contributed by atoms with Gasteiger partial charge in [-0.15, -0.1) is 11.3 Å². The molecule has 6 nitrogen and oxygen atoms in total. The number of hydrogen-bond acceptors (Lipinski definition) is 6. The van der Waals surface area contributed by atoms with Gasteiger partial charge in [0.25, 0.3) is 20.0 Å². The van der Waals surface area contributed by atoms with Crippen LogP contribution in [0.1, 0.15) is 52.8 Å². The molecule has 0 radical (unpaired) electrons. The smallest absolute Gasteiger partial charge is 0.200 e. The van der Waals surface area contributed by atoms with Crippen molar-refractivity contribution >= 4 is 37.1 Å². The van der Waals surface area contributed by atoms with Crippen molar-refractivity contribution in [3.63, 3.8) is 0 Å². The summed E-state index contributed by atoms with van der Waals surface area (Å²) in [6.07, 6.45) is -22.7. The van der Waals surface area contributed by atoms with Crippen LogP contribution in [0.4, 0.5) is 58.4 Å². The summed E-state index contributed by atoms with van der Waals surface area (Å²) >= 11 is 0.395. The molecule has 0 saturated carbocycles. The van der Waals surface area contributed by atoms with E-state index in [1.807, 2.05) is 0 Å². The highest BCUT2D eigenvalue weighted by Crippen LogP contribution is 2.45. The number of hydrogen-bond donors (Lipinski definition) is 0. The Morgan fingerprint density at radius 1 is 0.587 bits per heavy atom. The van der Waals surface area contributed by atoms with Crippen LogP contribution in [0.3, 0.4) is 0 Å². The molecule has 3 rings (SSSR count). The van der Waals surface area contributed by atoms with E-state index < -0.39 is 133 Å². The second kappa shape index (κ2) is 11.3. The highest BCUT2D eigenvalue weighted by atomic mass is 32.3. The summed E-state index contributed by atoms with van der Waals surface area (Å²) in [5.41, 5.74) is -11.3. The average Bonchev–Trinajstić information content (AvgIpc) is 3.30. The molecule has 0 unspecified atom stereocenters. The molecule has 0 fully saturated rings. The molecule has 0 bridgehead atoms. The third kappa shape index (κ3) is 7.38. The first-order chi connectivity index (χ1) is 20.4. The van der Waals surface area contributed by atoms with Crippen LogP contribution in [0.2, 0.25) is 0 Å². The zero-order valence-electron chi connectivity index (χ0n) is 22.8. The largest absolute Gasteiger partial charge is 0.416 e. The van der Waals surface area contributed by atoms with E-state index in [0.717, 1.165) is 0 Å². The second-order valence-electron chi connectivity index (χ2n) is 10.4. The first-order valence-electron chi connectivity index (χ1n) is 11.9. The lowest BCUT2D eigenvalue weighted by atomic mass is 9.95. The molecule has 0 amide bonds. The summed E-state index contributed by atoms with van der Waals surface area (Å²) < 4.78 is 217. The van der Waals surface area contributed by atoms with Crippen LogP contribution >= 0.6 is 11.3 Å². The maximum atomic E-state index is 13.9. The predicted octanol–water partition coefficient (Wildman–Crippen LogP) is 8.58. The predicted molar refractivity (Wildman–Crippen MR) is 137 cm³/mol. The number of alkyl halides is 12. The van der Waals surface area contributed by atoms with Crippen molar-refractivity contribution in [2.45, 2.75) is 60.7 Å². The first kappa shape index (κ1) is 37.0. The molecule has 0 spiro atoms. The van der Waals surface area contributed by atoms with Crippen LogP contribution in [0.5, 0.6) is 0 Å². The molecular weight excluding hydrogens is 716 g/mol. The Kier molecular flexibility index (Phi) is 9.10. The number of thiophene rings is 1. The molecule has 21 heteroatoms. The Balaban J connectivity index is 2.57. The Bertz CT molecular complexity index is 1760. The first-order valence-corrected chi connectivity index (χ1v) is 15.6. The summed E-state index contributed by atoms with van der Waals surface area (Å²) in [5, 5.41) is 9.67. The van der Waals surface area contributed by atoms with Gasteiger partial charge in [-0.25, -0.2) is 16.8 Å². The van der Waals surface area contributed by atoms with E-state index >= 15 is 0 Å². The standard InChI is InChI=1S/C25H16F12N2O4S3/c1-21(2,3)20-10-18(19(11-38)44-20)39(45(40,41)16-6-12(22(26,27)28)4-13(7-16)23(29,30)31)46(42,43)17-8-14(24(32,33)34)5-15(9-17)25(35,36)37/h4-10H,1-3H3. The molecule has 1 heterocycles. The maximum Gasteiger partial charge on any atom is 0.416 e. The van der Waals surface area contributed by atoms with Crippen molar-refractivity contribution in [3.8, 4) is 6.07 Å². The van der Waals surface area contributed by atoms with E-state index in [1.165, 1.54) is 26.8 Å². The number of halogens is 12. The highest BCUT2D eigenvalue weighted by molar-refractivity contribution is 8.10.